The number of fused-ring (bicyclic) bond motifs is 1. The number of hydrogen-bond donors (Lipinski definition) is 3. The topological polar surface area (TPSA) is 100 Å². The smallest absolute Gasteiger partial charge is 0.306 e. The Hall–Kier alpha value is -3.03. The molecule has 2 amide bonds. The van der Waals surface area contributed by atoms with Gasteiger partial charge >= 0.3 is 5.97 Å². The Labute approximate surface area is 201 Å². The molecule has 0 radical (unpaired) electrons. The third-order valence-corrected chi connectivity index (χ3v) is 6.39. The number of nitrogens with zero attached hydrogens (tertiary/aromatic N) is 1. The van der Waals surface area contributed by atoms with Crippen molar-refractivity contribution in [2.24, 2.45) is 13.0 Å². The Bertz CT molecular complexity index is 1230. The number of carboxylic acids is 1. The molecule has 0 fully saturated rings. The quantitative estimate of drug-likeness (QED) is 0.424. The second-order valence-electron chi connectivity index (χ2n) is 8.53. The predicted octanol–water partition coefficient (Wildman–Crippen LogP) is 5.20. The predicted molar refractivity (Wildman–Crippen MR) is 130 cm³/mol. The van der Waals surface area contributed by atoms with Crippen molar-refractivity contribution in [3.63, 3.8) is 0 Å². The van der Waals surface area contributed by atoms with Crippen LogP contribution in [0.4, 0.5) is 5.69 Å². The molecular weight excluding hydrogens is 465 g/mol. The maximum Gasteiger partial charge on any atom is 0.306 e. The van der Waals surface area contributed by atoms with E-state index in [9.17, 15) is 14.4 Å². The van der Waals surface area contributed by atoms with E-state index in [-0.39, 0.29) is 18.2 Å². The van der Waals surface area contributed by atoms with Crippen LogP contribution in [0.5, 0.6) is 0 Å². The molecule has 1 heterocycles. The molecule has 7 nitrogen and oxygen atoms in total. The van der Waals surface area contributed by atoms with Gasteiger partial charge in [0, 0.05) is 30.1 Å². The summed E-state index contributed by atoms with van der Waals surface area (Å²) in [4.78, 5) is 36.1. The van der Waals surface area contributed by atoms with Crippen LogP contribution in [0.3, 0.4) is 0 Å². The molecule has 9 heteroatoms. The van der Waals surface area contributed by atoms with E-state index in [0.717, 1.165) is 11.1 Å². The zero-order chi connectivity index (χ0) is 24.5. The Kier molecular flexibility index (Phi) is 7.05. The van der Waals surface area contributed by atoms with Gasteiger partial charge < -0.3 is 20.3 Å². The van der Waals surface area contributed by atoms with Crippen LogP contribution in [0.2, 0.25) is 10.0 Å². The summed E-state index contributed by atoms with van der Waals surface area (Å²) in [7, 11) is 1.78. The fourth-order valence-corrected chi connectivity index (χ4v) is 3.95. The van der Waals surface area contributed by atoms with Gasteiger partial charge in [-0.05, 0) is 49.7 Å². The van der Waals surface area contributed by atoms with E-state index in [1.54, 1.807) is 48.0 Å². The molecule has 2 aromatic carbocycles. The number of benzene rings is 2. The number of rotatable bonds is 7. The summed E-state index contributed by atoms with van der Waals surface area (Å²) in [5.74, 6) is -2.43. The third-order valence-electron chi connectivity index (χ3n) is 5.58. The van der Waals surface area contributed by atoms with E-state index in [1.807, 2.05) is 19.9 Å². The number of carbonyl (C=O) groups is 3. The number of amides is 2. The number of carboxylic acid groups (broad SMARTS) is 1. The molecule has 1 unspecified atom stereocenters. The third kappa shape index (κ3) is 5.31. The number of anilines is 1. The van der Waals surface area contributed by atoms with Crippen LogP contribution in [-0.2, 0) is 22.2 Å². The number of aliphatic carboxylic acids is 1. The van der Waals surface area contributed by atoms with Crippen molar-refractivity contribution in [1.82, 2.24) is 9.88 Å². The lowest BCUT2D eigenvalue weighted by Gasteiger charge is -2.27. The largest absolute Gasteiger partial charge is 0.481 e. The van der Waals surface area contributed by atoms with Gasteiger partial charge in [0.15, 0.2) is 0 Å². The van der Waals surface area contributed by atoms with Crippen molar-refractivity contribution in [1.29, 1.82) is 0 Å². The van der Waals surface area contributed by atoms with Gasteiger partial charge in [0.2, 0.25) is 5.91 Å². The zero-order valence-corrected chi connectivity index (χ0v) is 20.2. The zero-order valence-electron chi connectivity index (χ0n) is 18.7. The van der Waals surface area contributed by atoms with Crippen molar-refractivity contribution in [3.8, 4) is 0 Å². The van der Waals surface area contributed by atoms with E-state index in [0.29, 0.717) is 26.8 Å². The summed E-state index contributed by atoms with van der Waals surface area (Å²) in [6.45, 7) is 5.15. The number of hydrogen-bond acceptors (Lipinski definition) is 3. The first-order valence-corrected chi connectivity index (χ1v) is 11.1. The van der Waals surface area contributed by atoms with Crippen LogP contribution in [0.1, 0.15) is 43.2 Å². The average Bonchev–Trinajstić information content (AvgIpc) is 3.07. The van der Waals surface area contributed by atoms with Crippen molar-refractivity contribution < 1.29 is 19.5 Å². The van der Waals surface area contributed by atoms with Crippen LogP contribution in [0, 0.1) is 5.92 Å². The molecule has 0 aliphatic rings. The second-order valence-corrected chi connectivity index (χ2v) is 9.32. The van der Waals surface area contributed by atoms with Crippen molar-refractivity contribution in [3.05, 3.63) is 63.8 Å². The molecule has 0 saturated heterocycles. The number of aryl methyl sites for hydroxylation is 1. The molecular formula is C24H25Cl2N3O4. The van der Waals surface area contributed by atoms with Gasteiger partial charge in [-0.15, -0.1) is 0 Å². The number of nitrogens with one attached hydrogen (secondary N) is 2. The number of carbonyl (C=O) groups excluding carboxylic acids is 2. The van der Waals surface area contributed by atoms with E-state index in [4.69, 9.17) is 28.3 Å². The molecule has 1 atom stereocenters. The molecule has 0 spiro atoms. The van der Waals surface area contributed by atoms with Gasteiger partial charge in [0.1, 0.15) is 5.69 Å². The summed E-state index contributed by atoms with van der Waals surface area (Å²) in [6.07, 6.45) is -0.104. The standard InChI is InChI=1S/C24H25Cl2N3O4/c1-13(23(32)33)11-20(30)28-24(2,3)14-5-7-15(8-6-14)27-22(31)19-12-16-18(29(19)4)10-9-17(25)21(16)26/h5-10,12-13H,11H2,1-4H3,(H,27,31)(H,28,30)(H,32,33). The van der Waals surface area contributed by atoms with Gasteiger partial charge in [-0.2, -0.15) is 0 Å². The van der Waals surface area contributed by atoms with Crippen molar-refractivity contribution in [2.75, 3.05) is 5.32 Å². The fraction of sp³-hybridized carbons (Fsp3) is 0.292. The molecule has 0 aliphatic carbocycles. The van der Waals surface area contributed by atoms with Crippen molar-refractivity contribution >= 4 is 57.6 Å². The molecule has 33 heavy (non-hydrogen) atoms. The van der Waals surface area contributed by atoms with Gasteiger partial charge in [-0.1, -0.05) is 42.3 Å². The maximum atomic E-state index is 12.9. The van der Waals surface area contributed by atoms with E-state index in [2.05, 4.69) is 10.6 Å². The lowest BCUT2D eigenvalue weighted by Crippen LogP contribution is -2.41. The Morgan fingerprint density at radius 3 is 2.33 bits per heavy atom. The van der Waals surface area contributed by atoms with Crippen LogP contribution in [-0.4, -0.2) is 27.5 Å². The summed E-state index contributed by atoms with van der Waals surface area (Å²) in [5, 5.41) is 16.2. The minimum atomic E-state index is -1.01. The highest BCUT2D eigenvalue weighted by molar-refractivity contribution is 6.45. The molecule has 3 aromatic rings. The SMILES string of the molecule is CC(CC(=O)NC(C)(C)c1ccc(NC(=O)c2cc3c(Cl)c(Cl)ccc3n2C)cc1)C(=O)O. The van der Waals surface area contributed by atoms with Gasteiger partial charge in [0.25, 0.3) is 5.91 Å². The first kappa shape index (κ1) is 24.6. The highest BCUT2D eigenvalue weighted by Gasteiger charge is 2.25. The fourth-order valence-electron chi connectivity index (χ4n) is 3.57. The second kappa shape index (κ2) is 9.45. The first-order valence-electron chi connectivity index (χ1n) is 10.3. The van der Waals surface area contributed by atoms with Gasteiger partial charge in [-0.25, -0.2) is 0 Å². The Balaban J connectivity index is 1.73. The summed E-state index contributed by atoms with van der Waals surface area (Å²) >= 11 is 12.4. The first-order chi connectivity index (χ1) is 15.4. The van der Waals surface area contributed by atoms with Gasteiger partial charge in [0.05, 0.1) is 21.5 Å². The highest BCUT2D eigenvalue weighted by Crippen LogP contribution is 2.32. The van der Waals surface area contributed by atoms with E-state index < -0.39 is 17.4 Å². The van der Waals surface area contributed by atoms with Crippen LogP contribution >= 0.6 is 23.2 Å². The van der Waals surface area contributed by atoms with Crippen LogP contribution in [0.15, 0.2) is 42.5 Å². The minimum Gasteiger partial charge on any atom is -0.481 e. The molecule has 3 N–H and O–H groups in total. The minimum absolute atomic E-state index is 0.104. The lowest BCUT2D eigenvalue weighted by atomic mass is 9.93. The van der Waals surface area contributed by atoms with Gasteiger partial charge in [-0.3, -0.25) is 14.4 Å². The number of halogens is 2. The molecule has 0 bridgehead atoms. The van der Waals surface area contributed by atoms with E-state index >= 15 is 0 Å². The van der Waals surface area contributed by atoms with Crippen LogP contribution < -0.4 is 10.6 Å². The van der Waals surface area contributed by atoms with Crippen LogP contribution in [0.25, 0.3) is 10.9 Å². The molecule has 1 aromatic heterocycles. The lowest BCUT2D eigenvalue weighted by molar-refractivity contribution is -0.143. The molecule has 0 saturated carbocycles. The summed E-state index contributed by atoms with van der Waals surface area (Å²) < 4.78 is 1.75. The Morgan fingerprint density at radius 2 is 1.73 bits per heavy atom. The monoisotopic (exact) mass is 489 g/mol. The molecule has 3 rings (SSSR count). The number of aromatic nitrogens is 1. The normalized spacial score (nSPS) is 12.4. The van der Waals surface area contributed by atoms with Crippen molar-refractivity contribution in [2.45, 2.75) is 32.7 Å². The molecule has 174 valence electrons. The summed E-state index contributed by atoms with van der Waals surface area (Å²) in [6, 6.07) is 12.3. The van der Waals surface area contributed by atoms with E-state index in [1.165, 1.54) is 6.92 Å². The maximum absolute atomic E-state index is 12.9. The Morgan fingerprint density at radius 1 is 1.09 bits per heavy atom. The molecule has 0 aliphatic heterocycles. The summed E-state index contributed by atoms with van der Waals surface area (Å²) in [5.41, 5.74) is 1.89. The highest BCUT2D eigenvalue weighted by atomic mass is 35.5. The average molecular weight is 490 g/mol.